The lowest BCUT2D eigenvalue weighted by Gasteiger charge is -2.24. The zero-order valence-corrected chi connectivity index (χ0v) is 12.1. The molecule has 0 aromatic heterocycles. The summed E-state index contributed by atoms with van der Waals surface area (Å²) in [6, 6.07) is 4.33. The third-order valence-corrected chi connectivity index (χ3v) is 3.41. The summed E-state index contributed by atoms with van der Waals surface area (Å²) in [5, 5.41) is 13.6. The van der Waals surface area contributed by atoms with Crippen LogP contribution in [0.4, 0.5) is 5.69 Å². The second-order valence-electron chi connectivity index (χ2n) is 4.61. The molecule has 18 heavy (non-hydrogen) atoms. The standard InChI is InChI=1S/C12H15BrN2O3/c1-4-12(2,3)14-11(16)8-5-6-9(13)10(7-8)15(17)18/h5-7H,4H2,1-3H3,(H,14,16). The number of benzene rings is 1. The summed E-state index contributed by atoms with van der Waals surface area (Å²) < 4.78 is 0.360. The molecule has 0 aliphatic carbocycles. The average molecular weight is 315 g/mol. The van der Waals surface area contributed by atoms with Gasteiger partial charge < -0.3 is 5.32 Å². The quantitative estimate of drug-likeness (QED) is 0.684. The molecule has 0 saturated heterocycles. The number of carbonyl (C=O) groups is 1. The molecule has 0 bridgehead atoms. The molecule has 6 heteroatoms. The minimum atomic E-state index is -0.522. The van der Waals surface area contributed by atoms with Crippen molar-refractivity contribution in [2.75, 3.05) is 0 Å². The van der Waals surface area contributed by atoms with E-state index in [2.05, 4.69) is 21.2 Å². The van der Waals surface area contributed by atoms with Crippen molar-refractivity contribution in [3.8, 4) is 0 Å². The van der Waals surface area contributed by atoms with E-state index in [1.54, 1.807) is 6.07 Å². The molecule has 0 atom stereocenters. The van der Waals surface area contributed by atoms with E-state index in [4.69, 9.17) is 0 Å². The van der Waals surface area contributed by atoms with Gasteiger partial charge in [0.2, 0.25) is 0 Å². The van der Waals surface area contributed by atoms with E-state index in [9.17, 15) is 14.9 Å². The molecule has 0 unspecified atom stereocenters. The van der Waals surface area contributed by atoms with Gasteiger partial charge in [-0.25, -0.2) is 0 Å². The second kappa shape index (κ2) is 5.48. The first-order chi connectivity index (χ1) is 8.26. The molecule has 1 N–H and O–H groups in total. The van der Waals surface area contributed by atoms with E-state index < -0.39 is 4.92 Å². The molecule has 1 aromatic carbocycles. The third kappa shape index (κ3) is 3.53. The van der Waals surface area contributed by atoms with Crippen molar-refractivity contribution >= 4 is 27.5 Å². The van der Waals surface area contributed by atoms with Crippen LogP contribution >= 0.6 is 15.9 Å². The maximum absolute atomic E-state index is 12.0. The van der Waals surface area contributed by atoms with Gasteiger partial charge in [-0.1, -0.05) is 6.92 Å². The lowest BCUT2D eigenvalue weighted by molar-refractivity contribution is -0.385. The number of nitro benzene ring substituents is 1. The number of amides is 1. The Morgan fingerprint density at radius 2 is 2.11 bits per heavy atom. The van der Waals surface area contributed by atoms with Gasteiger partial charge in [0.15, 0.2) is 0 Å². The van der Waals surface area contributed by atoms with Crippen LogP contribution in [-0.2, 0) is 0 Å². The average Bonchev–Trinajstić information content (AvgIpc) is 2.28. The molecular weight excluding hydrogens is 300 g/mol. The highest BCUT2D eigenvalue weighted by Gasteiger charge is 2.21. The van der Waals surface area contributed by atoms with Crippen molar-refractivity contribution in [1.82, 2.24) is 5.32 Å². The fourth-order valence-corrected chi connectivity index (χ4v) is 1.65. The van der Waals surface area contributed by atoms with Gasteiger partial charge in [0.05, 0.1) is 9.40 Å². The Bertz CT molecular complexity index is 486. The SMILES string of the molecule is CCC(C)(C)NC(=O)c1ccc(Br)c([N+](=O)[O-])c1. The van der Waals surface area contributed by atoms with Gasteiger partial charge in [0.25, 0.3) is 11.6 Å². The Kier molecular flexibility index (Phi) is 4.45. The van der Waals surface area contributed by atoms with Crippen LogP contribution in [0.25, 0.3) is 0 Å². The first kappa shape index (κ1) is 14.6. The molecular formula is C12H15BrN2O3. The Labute approximate surface area is 114 Å². The number of hydrogen-bond donors (Lipinski definition) is 1. The Morgan fingerprint density at radius 1 is 1.50 bits per heavy atom. The number of nitrogens with zero attached hydrogens (tertiary/aromatic N) is 1. The monoisotopic (exact) mass is 314 g/mol. The number of nitrogens with one attached hydrogen (secondary N) is 1. The number of rotatable bonds is 4. The number of carbonyl (C=O) groups excluding carboxylic acids is 1. The minimum absolute atomic E-state index is 0.114. The second-order valence-corrected chi connectivity index (χ2v) is 5.47. The van der Waals surface area contributed by atoms with Crippen LogP contribution in [0.3, 0.4) is 0 Å². The van der Waals surface area contributed by atoms with Crippen LogP contribution in [0.1, 0.15) is 37.6 Å². The van der Waals surface area contributed by atoms with Crippen LogP contribution in [0.5, 0.6) is 0 Å². The van der Waals surface area contributed by atoms with Crippen molar-refractivity contribution < 1.29 is 9.72 Å². The van der Waals surface area contributed by atoms with Gasteiger partial charge in [-0.15, -0.1) is 0 Å². The molecule has 1 amide bonds. The van der Waals surface area contributed by atoms with Gasteiger partial charge in [0, 0.05) is 17.2 Å². The Morgan fingerprint density at radius 3 is 2.61 bits per heavy atom. The predicted molar refractivity (Wildman–Crippen MR) is 72.6 cm³/mol. The van der Waals surface area contributed by atoms with Gasteiger partial charge in [-0.3, -0.25) is 14.9 Å². The summed E-state index contributed by atoms with van der Waals surface area (Å²) in [6.07, 6.45) is 0.775. The molecule has 0 spiro atoms. The van der Waals surface area contributed by atoms with Crippen molar-refractivity contribution in [3.05, 3.63) is 38.3 Å². The highest BCUT2D eigenvalue weighted by Crippen LogP contribution is 2.25. The molecule has 0 radical (unpaired) electrons. The largest absolute Gasteiger partial charge is 0.347 e. The van der Waals surface area contributed by atoms with Gasteiger partial charge in [-0.2, -0.15) is 0 Å². The molecule has 0 saturated carbocycles. The Balaban J connectivity index is 3.01. The van der Waals surface area contributed by atoms with Crippen molar-refractivity contribution in [3.63, 3.8) is 0 Å². The van der Waals surface area contributed by atoms with Gasteiger partial charge >= 0.3 is 0 Å². The summed E-state index contributed by atoms with van der Waals surface area (Å²) in [4.78, 5) is 22.2. The predicted octanol–water partition coefficient (Wildman–Crippen LogP) is 3.28. The van der Waals surface area contributed by atoms with Gasteiger partial charge in [-0.05, 0) is 48.3 Å². The van der Waals surface area contributed by atoms with E-state index in [1.807, 2.05) is 20.8 Å². The maximum atomic E-state index is 12.0. The molecule has 1 aromatic rings. The zero-order valence-electron chi connectivity index (χ0n) is 10.5. The summed E-state index contributed by atoms with van der Waals surface area (Å²) >= 11 is 3.08. The zero-order chi connectivity index (χ0) is 13.9. The van der Waals surface area contributed by atoms with Crippen molar-refractivity contribution in [2.24, 2.45) is 0 Å². The van der Waals surface area contributed by atoms with Crippen LogP contribution < -0.4 is 5.32 Å². The molecule has 1 rings (SSSR count). The number of halogens is 1. The normalized spacial score (nSPS) is 11.1. The first-order valence-corrected chi connectivity index (χ1v) is 6.32. The van der Waals surface area contributed by atoms with Crippen LogP contribution in [0, 0.1) is 10.1 Å². The molecule has 0 fully saturated rings. The third-order valence-electron chi connectivity index (χ3n) is 2.74. The van der Waals surface area contributed by atoms with E-state index >= 15 is 0 Å². The lowest BCUT2D eigenvalue weighted by Crippen LogP contribution is -2.42. The van der Waals surface area contributed by atoms with E-state index in [1.165, 1.54) is 12.1 Å². The van der Waals surface area contributed by atoms with Crippen LogP contribution in [0.2, 0.25) is 0 Å². The first-order valence-electron chi connectivity index (χ1n) is 5.53. The smallest absolute Gasteiger partial charge is 0.284 e. The highest BCUT2D eigenvalue weighted by molar-refractivity contribution is 9.10. The molecule has 98 valence electrons. The molecule has 0 heterocycles. The number of nitro groups is 1. The summed E-state index contributed by atoms with van der Waals surface area (Å²) in [7, 11) is 0. The fraction of sp³-hybridized carbons (Fsp3) is 0.417. The topological polar surface area (TPSA) is 72.2 Å². The van der Waals surface area contributed by atoms with E-state index in [0.717, 1.165) is 6.42 Å². The fourth-order valence-electron chi connectivity index (χ4n) is 1.26. The van der Waals surface area contributed by atoms with E-state index in [-0.39, 0.29) is 22.7 Å². The molecule has 0 aliphatic heterocycles. The van der Waals surface area contributed by atoms with Gasteiger partial charge in [0.1, 0.15) is 0 Å². The summed E-state index contributed by atoms with van der Waals surface area (Å²) in [5.74, 6) is -0.308. The minimum Gasteiger partial charge on any atom is -0.347 e. The van der Waals surface area contributed by atoms with Crippen LogP contribution in [-0.4, -0.2) is 16.4 Å². The summed E-state index contributed by atoms with van der Waals surface area (Å²) in [5.41, 5.74) is -0.165. The highest BCUT2D eigenvalue weighted by atomic mass is 79.9. The summed E-state index contributed by atoms with van der Waals surface area (Å²) in [6.45, 7) is 5.76. The molecule has 0 aliphatic rings. The van der Waals surface area contributed by atoms with Crippen molar-refractivity contribution in [2.45, 2.75) is 32.7 Å². The molecule has 5 nitrogen and oxygen atoms in total. The lowest BCUT2D eigenvalue weighted by atomic mass is 10.0. The Hall–Kier alpha value is -1.43. The number of hydrogen-bond acceptors (Lipinski definition) is 3. The maximum Gasteiger partial charge on any atom is 0.284 e. The van der Waals surface area contributed by atoms with Crippen molar-refractivity contribution in [1.29, 1.82) is 0 Å². The van der Waals surface area contributed by atoms with Crippen LogP contribution in [0.15, 0.2) is 22.7 Å². The van der Waals surface area contributed by atoms with E-state index in [0.29, 0.717) is 4.47 Å².